The normalized spacial score (nSPS) is 12.8. The first-order valence-corrected chi connectivity index (χ1v) is 8.08. The Morgan fingerprint density at radius 1 is 0.760 bits per heavy atom. The van der Waals surface area contributed by atoms with E-state index in [1.54, 1.807) is 12.1 Å². The second kappa shape index (κ2) is 6.29. The van der Waals surface area contributed by atoms with Crippen LogP contribution in [0.4, 0.5) is 0 Å². The summed E-state index contributed by atoms with van der Waals surface area (Å²) in [5, 5.41) is 9.40. The third kappa shape index (κ3) is 2.92. The lowest BCUT2D eigenvalue weighted by Gasteiger charge is -2.21. The molecular weight excluding hydrogens is 312 g/mol. The molecule has 3 heteroatoms. The van der Waals surface area contributed by atoms with Gasteiger partial charge < -0.3 is 9.84 Å². The number of hydrogen-bond acceptors (Lipinski definition) is 3. The standard InChI is InChI=1S/C22H16O3/c23-18-13-11-17(12-14-18)22(24)25-21-19-7-3-1-5-15(19)9-10-16-6-2-4-8-20(16)21/h1-14,21,23H. The second-order valence-electron chi connectivity index (χ2n) is 5.92. The van der Waals surface area contributed by atoms with Gasteiger partial charge in [-0.2, -0.15) is 0 Å². The number of carbonyl (C=O) groups excluding carboxylic acids is 1. The molecule has 0 unspecified atom stereocenters. The van der Waals surface area contributed by atoms with Crippen LogP contribution < -0.4 is 0 Å². The highest BCUT2D eigenvalue weighted by atomic mass is 16.5. The number of carbonyl (C=O) groups is 1. The van der Waals surface area contributed by atoms with E-state index < -0.39 is 12.1 Å². The lowest BCUT2D eigenvalue weighted by atomic mass is 9.96. The van der Waals surface area contributed by atoms with Crippen molar-refractivity contribution in [3.63, 3.8) is 0 Å². The first-order valence-electron chi connectivity index (χ1n) is 8.08. The van der Waals surface area contributed by atoms with E-state index in [0.29, 0.717) is 5.56 Å². The van der Waals surface area contributed by atoms with E-state index in [0.717, 1.165) is 22.3 Å². The first kappa shape index (κ1) is 15.2. The Balaban J connectivity index is 1.76. The van der Waals surface area contributed by atoms with Gasteiger partial charge in [0.1, 0.15) is 5.75 Å². The number of hydrogen-bond donors (Lipinski definition) is 1. The van der Waals surface area contributed by atoms with Crippen molar-refractivity contribution in [2.24, 2.45) is 0 Å². The molecule has 0 aromatic heterocycles. The van der Waals surface area contributed by atoms with Crippen LogP contribution in [-0.4, -0.2) is 11.1 Å². The minimum atomic E-state index is -0.483. The van der Waals surface area contributed by atoms with Gasteiger partial charge in [0.05, 0.1) is 5.56 Å². The van der Waals surface area contributed by atoms with Crippen molar-refractivity contribution >= 4 is 18.1 Å². The van der Waals surface area contributed by atoms with Crippen LogP contribution in [0.1, 0.15) is 38.7 Å². The van der Waals surface area contributed by atoms with Crippen molar-refractivity contribution in [2.45, 2.75) is 6.10 Å². The van der Waals surface area contributed by atoms with Gasteiger partial charge in [0.15, 0.2) is 6.10 Å². The maximum Gasteiger partial charge on any atom is 0.339 e. The fourth-order valence-electron chi connectivity index (χ4n) is 3.05. The smallest absolute Gasteiger partial charge is 0.339 e. The SMILES string of the molecule is O=C(OC1c2ccccc2C=Cc2ccccc21)c1ccc(O)cc1. The molecule has 3 aromatic carbocycles. The Labute approximate surface area is 145 Å². The molecule has 3 nitrogen and oxygen atoms in total. The Morgan fingerprint density at radius 3 is 1.84 bits per heavy atom. The topological polar surface area (TPSA) is 46.5 Å². The highest BCUT2D eigenvalue weighted by Gasteiger charge is 2.25. The summed E-state index contributed by atoms with van der Waals surface area (Å²) < 4.78 is 5.89. The molecule has 0 fully saturated rings. The molecule has 4 rings (SSSR count). The summed E-state index contributed by atoms with van der Waals surface area (Å²) in [6.45, 7) is 0. The molecule has 0 radical (unpaired) electrons. The van der Waals surface area contributed by atoms with E-state index in [1.807, 2.05) is 60.7 Å². The Hall–Kier alpha value is -3.33. The summed E-state index contributed by atoms with van der Waals surface area (Å²) in [5.41, 5.74) is 4.38. The molecule has 1 aliphatic carbocycles. The third-order valence-electron chi connectivity index (χ3n) is 4.33. The number of phenols is 1. The maximum atomic E-state index is 12.6. The maximum absolute atomic E-state index is 12.6. The van der Waals surface area contributed by atoms with Crippen molar-refractivity contribution in [1.82, 2.24) is 0 Å². The van der Waals surface area contributed by atoms with Crippen LogP contribution in [0.3, 0.4) is 0 Å². The lowest BCUT2D eigenvalue weighted by Crippen LogP contribution is -2.14. The Kier molecular flexibility index (Phi) is 3.82. The van der Waals surface area contributed by atoms with Gasteiger partial charge in [-0.1, -0.05) is 60.7 Å². The molecule has 25 heavy (non-hydrogen) atoms. The fourth-order valence-corrected chi connectivity index (χ4v) is 3.05. The summed E-state index contributed by atoms with van der Waals surface area (Å²) in [6.07, 6.45) is 3.61. The molecule has 0 aliphatic heterocycles. The van der Waals surface area contributed by atoms with Crippen molar-refractivity contribution in [3.05, 3.63) is 101 Å². The molecule has 3 aromatic rings. The van der Waals surface area contributed by atoms with Crippen LogP contribution in [0.25, 0.3) is 12.2 Å². The molecule has 0 amide bonds. The molecule has 0 bridgehead atoms. The van der Waals surface area contributed by atoms with E-state index in [-0.39, 0.29) is 5.75 Å². The summed E-state index contributed by atoms with van der Waals surface area (Å²) in [6, 6.07) is 21.9. The summed E-state index contributed by atoms with van der Waals surface area (Å²) >= 11 is 0. The van der Waals surface area contributed by atoms with Crippen LogP contribution in [0, 0.1) is 0 Å². The van der Waals surface area contributed by atoms with Crippen LogP contribution in [0.2, 0.25) is 0 Å². The number of ether oxygens (including phenoxy) is 1. The molecule has 0 heterocycles. The zero-order chi connectivity index (χ0) is 17.2. The third-order valence-corrected chi connectivity index (χ3v) is 4.33. The Morgan fingerprint density at radius 2 is 1.28 bits per heavy atom. The number of esters is 1. The van der Waals surface area contributed by atoms with Gasteiger partial charge in [0.2, 0.25) is 0 Å². The molecule has 122 valence electrons. The number of rotatable bonds is 2. The molecule has 1 N–H and O–H groups in total. The Bertz CT molecular complexity index is 906. The molecule has 0 spiro atoms. The predicted molar refractivity (Wildman–Crippen MR) is 97.2 cm³/mol. The van der Waals surface area contributed by atoms with Crippen molar-refractivity contribution in [2.75, 3.05) is 0 Å². The van der Waals surface area contributed by atoms with Crippen molar-refractivity contribution in [3.8, 4) is 5.75 Å². The summed E-state index contributed by atoms with van der Waals surface area (Å²) in [7, 11) is 0. The number of phenolic OH excluding ortho intramolecular Hbond substituents is 1. The fraction of sp³-hybridized carbons (Fsp3) is 0.0455. The first-order chi connectivity index (χ1) is 12.2. The van der Waals surface area contributed by atoms with Gasteiger partial charge in [-0.15, -0.1) is 0 Å². The van der Waals surface area contributed by atoms with E-state index in [1.165, 1.54) is 12.1 Å². The van der Waals surface area contributed by atoms with E-state index in [2.05, 4.69) is 0 Å². The molecule has 1 aliphatic rings. The minimum absolute atomic E-state index is 0.117. The second-order valence-corrected chi connectivity index (χ2v) is 5.92. The monoisotopic (exact) mass is 328 g/mol. The van der Waals surface area contributed by atoms with Crippen LogP contribution in [0.15, 0.2) is 72.8 Å². The number of aromatic hydroxyl groups is 1. The van der Waals surface area contributed by atoms with Crippen LogP contribution in [-0.2, 0) is 4.74 Å². The number of fused-ring (bicyclic) bond motifs is 2. The molecular formula is C22H16O3. The summed E-state index contributed by atoms with van der Waals surface area (Å²) in [5.74, 6) is -0.303. The quantitative estimate of drug-likeness (QED) is 0.686. The molecule has 0 saturated heterocycles. The van der Waals surface area contributed by atoms with Gasteiger partial charge >= 0.3 is 5.97 Å². The lowest BCUT2D eigenvalue weighted by molar-refractivity contribution is 0.0378. The van der Waals surface area contributed by atoms with Gasteiger partial charge in [-0.25, -0.2) is 4.79 Å². The minimum Gasteiger partial charge on any atom is -0.508 e. The highest BCUT2D eigenvalue weighted by Crippen LogP contribution is 2.35. The van der Waals surface area contributed by atoms with Gasteiger partial charge in [-0.05, 0) is 35.4 Å². The zero-order valence-corrected chi connectivity index (χ0v) is 13.4. The van der Waals surface area contributed by atoms with Crippen molar-refractivity contribution in [1.29, 1.82) is 0 Å². The number of benzene rings is 3. The van der Waals surface area contributed by atoms with E-state index >= 15 is 0 Å². The van der Waals surface area contributed by atoms with Gasteiger partial charge in [-0.3, -0.25) is 0 Å². The molecule has 0 atom stereocenters. The highest BCUT2D eigenvalue weighted by molar-refractivity contribution is 5.90. The predicted octanol–water partition coefficient (Wildman–Crippen LogP) is 4.82. The molecule has 0 saturated carbocycles. The van der Waals surface area contributed by atoms with Crippen LogP contribution >= 0.6 is 0 Å². The van der Waals surface area contributed by atoms with Crippen LogP contribution in [0.5, 0.6) is 5.75 Å². The van der Waals surface area contributed by atoms with Gasteiger partial charge in [0, 0.05) is 11.1 Å². The zero-order valence-electron chi connectivity index (χ0n) is 13.4. The van der Waals surface area contributed by atoms with E-state index in [9.17, 15) is 9.90 Å². The average Bonchev–Trinajstić information content (AvgIpc) is 2.80. The van der Waals surface area contributed by atoms with E-state index in [4.69, 9.17) is 4.74 Å². The van der Waals surface area contributed by atoms with Gasteiger partial charge in [0.25, 0.3) is 0 Å². The average molecular weight is 328 g/mol. The summed E-state index contributed by atoms with van der Waals surface area (Å²) in [4.78, 5) is 12.6. The van der Waals surface area contributed by atoms with Crippen molar-refractivity contribution < 1.29 is 14.6 Å². The largest absolute Gasteiger partial charge is 0.508 e.